The third-order valence-electron chi connectivity index (χ3n) is 4.81. The zero-order valence-electron chi connectivity index (χ0n) is 12.8. The van der Waals surface area contributed by atoms with Gasteiger partial charge in [-0.05, 0) is 32.9 Å². The monoisotopic (exact) mass is 324 g/mol. The summed E-state index contributed by atoms with van der Waals surface area (Å²) in [6.45, 7) is 6.23. The van der Waals surface area contributed by atoms with E-state index in [9.17, 15) is 13.2 Å². The largest absolute Gasteiger partial charge is 0.350 e. The molecule has 1 spiro atoms. The van der Waals surface area contributed by atoms with Crippen LogP contribution in [0.5, 0.6) is 0 Å². The molecule has 0 aromatic heterocycles. The van der Waals surface area contributed by atoms with Gasteiger partial charge in [0.1, 0.15) is 6.23 Å². The van der Waals surface area contributed by atoms with Crippen LogP contribution in [0.1, 0.15) is 25.8 Å². The Balaban J connectivity index is 1.84. The Morgan fingerprint density at radius 3 is 2.32 bits per heavy atom. The second-order valence-electron chi connectivity index (χ2n) is 6.63. The first-order valence-corrected chi connectivity index (χ1v) is 8.62. The van der Waals surface area contributed by atoms with Crippen LogP contribution >= 0.6 is 0 Å². The molecule has 0 saturated carbocycles. The first-order chi connectivity index (χ1) is 10.2. The van der Waals surface area contributed by atoms with Gasteiger partial charge in [-0.1, -0.05) is 17.7 Å². The Morgan fingerprint density at radius 2 is 1.86 bits per heavy atom. The number of nitrogens with one attached hydrogen (secondary N) is 2. The SMILES string of the molecule is Cc1ccc(S(=O)(=O)OC2NCC23CC(=O)NC3(C)C)cc1. The van der Waals surface area contributed by atoms with E-state index in [0.717, 1.165) is 5.56 Å². The molecule has 1 aromatic rings. The number of rotatable bonds is 3. The van der Waals surface area contributed by atoms with Crippen LogP contribution < -0.4 is 10.6 Å². The molecular formula is C15H20N2O4S. The van der Waals surface area contributed by atoms with Crippen LogP contribution in [0.25, 0.3) is 0 Å². The molecule has 2 saturated heterocycles. The van der Waals surface area contributed by atoms with Gasteiger partial charge in [0.2, 0.25) is 5.91 Å². The van der Waals surface area contributed by atoms with Crippen molar-refractivity contribution in [3.63, 3.8) is 0 Å². The van der Waals surface area contributed by atoms with Gasteiger partial charge in [0.05, 0.1) is 10.3 Å². The van der Waals surface area contributed by atoms with Crippen LogP contribution in [0.2, 0.25) is 0 Å². The first-order valence-electron chi connectivity index (χ1n) is 7.21. The minimum Gasteiger partial charge on any atom is -0.350 e. The molecule has 0 bridgehead atoms. The van der Waals surface area contributed by atoms with Gasteiger partial charge in [0.15, 0.2) is 0 Å². The quantitative estimate of drug-likeness (QED) is 0.808. The summed E-state index contributed by atoms with van der Waals surface area (Å²) in [5, 5.41) is 5.89. The van der Waals surface area contributed by atoms with Gasteiger partial charge in [-0.15, -0.1) is 0 Å². The summed E-state index contributed by atoms with van der Waals surface area (Å²) >= 11 is 0. The summed E-state index contributed by atoms with van der Waals surface area (Å²) in [5.74, 6) is -0.0761. The summed E-state index contributed by atoms with van der Waals surface area (Å²) in [7, 11) is -3.87. The number of hydrogen-bond acceptors (Lipinski definition) is 5. The van der Waals surface area contributed by atoms with E-state index in [2.05, 4.69) is 10.6 Å². The van der Waals surface area contributed by atoms with Crippen LogP contribution in [-0.4, -0.2) is 32.6 Å². The van der Waals surface area contributed by atoms with Crippen molar-refractivity contribution in [1.82, 2.24) is 10.6 Å². The lowest BCUT2D eigenvalue weighted by Crippen LogP contribution is -2.71. The highest BCUT2D eigenvalue weighted by Crippen LogP contribution is 2.48. The lowest BCUT2D eigenvalue weighted by molar-refractivity contribution is -0.122. The summed E-state index contributed by atoms with van der Waals surface area (Å²) in [5.41, 5.74) is -0.0751. The molecule has 7 heteroatoms. The Bertz CT molecular complexity index is 712. The van der Waals surface area contributed by atoms with E-state index in [1.165, 1.54) is 12.1 Å². The minimum atomic E-state index is -3.87. The van der Waals surface area contributed by atoms with Crippen molar-refractivity contribution in [2.24, 2.45) is 5.41 Å². The highest BCUT2D eigenvalue weighted by Gasteiger charge is 2.63. The molecule has 120 valence electrons. The van der Waals surface area contributed by atoms with Crippen LogP contribution in [-0.2, 0) is 19.1 Å². The molecule has 2 aliphatic heterocycles. The number of hydrogen-bond donors (Lipinski definition) is 2. The van der Waals surface area contributed by atoms with E-state index in [0.29, 0.717) is 6.54 Å². The molecule has 2 aliphatic rings. The van der Waals surface area contributed by atoms with E-state index in [4.69, 9.17) is 4.18 Å². The van der Waals surface area contributed by atoms with E-state index < -0.39 is 27.3 Å². The average molecular weight is 324 g/mol. The molecule has 1 aromatic carbocycles. The minimum absolute atomic E-state index is 0.0761. The molecular weight excluding hydrogens is 304 g/mol. The standard InChI is InChI=1S/C15H20N2O4S/c1-10-4-6-11(7-5-10)22(19,20)21-13-15(9-16-13)8-12(18)17-14(15,2)3/h4-7,13,16H,8-9H2,1-3H3,(H,17,18). The average Bonchev–Trinajstić information content (AvgIpc) is 2.67. The van der Waals surface area contributed by atoms with Crippen molar-refractivity contribution in [3.8, 4) is 0 Å². The lowest BCUT2D eigenvalue weighted by atomic mass is 9.66. The molecule has 1 amide bonds. The van der Waals surface area contributed by atoms with Crippen LogP contribution in [0.4, 0.5) is 0 Å². The maximum absolute atomic E-state index is 12.4. The van der Waals surface area contributed by atoms with Crippen molar-refractivity contribution in [1.29, 1.82) is 0 Å². The molecule has 2 atom stereocenters. The summed E-state index contributed by atoms with van der Waals surface area (Å²) in [4.78, 5) is 11.9. The lowest BCUT2D eigenvalue weighted by Gasteiger charge is -2.53. The topological polar surface area (TPSA) is 84.5 Å². The van der Waals surface area contributed by atoms with Gasteiger partial charge in [-0.2, -0.15) is 8.42 Å². The highest BCUT2D eigenvalue weighted by molar-refractivity contribution is 7.86. The predicted molar refractivity (Wildman–Crippen MR) is 80.5 cm³/mol. The number of aryl methyl sites for hydroxylation is 1. The Labute approximate surface area is 130 Å². The first kappa shape index (κ1) is 15.5. The zero-order valence-corrected chi connectivity index (χ0v) is 13.7. The number of carbonyl (C=O) groups is 1. The molecule has 6 nitrogen and oxygen atoms in total. The summed E-state index contributed by atoms with van der Waals surface area (Å²) in [6, 6.07) is 6.51. The maximum atomic E-state index is 12.4. The van der Waals surface area contributed by atoms with E-state index in [-0.39, 0.29) is 17.2 Å². The maximum Gasteiger partial charge on any atom is 0.298 e. The predicted octanol–water partition coefficient (Wildman–Crippen LogP) is 0.915. The van der Waals surface area contributed by atoms with Gasteiger partial charge in [-0.3, -0.25) is 10.1 Å². The summed E-state index contributed by atoms with van der Waals surface area (Å²) < 4.78 is 30.2. The van der Waals surface area contributed by atoms with Gasteiger partial charge >= 0.3 is 0 Å². The fourth-order valence-electron chi connectivity index (χ4n) is 3.17. The Kier molecular flexibility index (Phi) is 3.36. The smallest absolute Gasteiger partial charge is 0.298 e. The third-order valence-corrected chi connectivity index (χ3v) is 6.11. The second-order valence-corrected chi connectivity index (χ2v) is 8.20. The van der Waals surface area contributed by atoms with Gasteiger partial charge in [0.25, 0.3) is 10.1 Å². The normalized spacial score (nSPS) is 30.1. The zero-order chi connectivity index (χ0) is 16.2. The molecule has 3 rings (SSSR count). The molecule has 22 heavy (non-hydrogen) atoms. The highest BCUT2D eigenvalue weighted by atomic mass is 32.2. The summed E-state index contributed by atoms with van der Waals surface area (Å²) in [6.07, 6.45) is -0.436. The third kappa shape index (κ3) is 2.24. The van der Waals surface area contributed by atoms with Crippen molar-refractivity contribution < 1.29 is 17.4 Å². The van der Waals surface area contributed by atoms with E-state index in [1.54, 1.807) is 12.1 Å². The fourth-order valence-corrected chi connectivity index (χ4v) is 4.26. The molecule has 2 unspecified atom stereocenters. The van der Waals surface area contributed by atoms with Crippen LogP contribution in [0.3, 0.4) is 0 Å². The Morgan fingerprint density at radius 1 is 1.23 bits per heavy atom. The van der Waals surface area contributed by atoms with E-state index >= 15 is 0 Å². The van der Waals surface area contributed by atoms with Crippen LogP contribution in [0, 0.1) is 12.3 Å². The van der Waals surface area contributed by atoms with Crippen molar-refractivity contribution in [2.45, 2.75) is 43.9 Å². The van der Waals surface area contributed by atoms with Crippen molar-refractivity contribution in [3.05, 3.63) is 29.8 Å². The molecule has 2 heterocycles. The van der Waals surface area contributed by atoms with Crippen molar-refractivity contribution in [2.75, 3.05) is 6.54 Å². The second kappa shape index (κ2) is 4.78. The van der Waals surface area contributed by atoms with Crippen LogP contribution in [0.15, 0.2) is 29.2 Å². The van der Waals surface area contributed by atoms with Gasteiger partial charge < -0.3 is 5.32 Å². The molecule has 2 fully saturated rings. The van der Waals surface area contributed by atoms with Crippen molar-refractivity contribution >= 4 is 16.0 Å². The van der Waals surface area contributed by atoms with Gasteiger partial charge in [0, 0.05) is 18.5 Å². The number of carbonyl (C=O) groups excluding carboxylic acids is 1. The van der Waals surface area contributed by atoms with E-state index in [1.807, 2.05) is 20.8 Å². The van der Waals surface area contributed by atoms with Gasteiger partial charge in [-0.25, -0.2) is 4.18 Å². The number of amides is 1. The molecule has 0 aliphatic carbocycles. The molecule has 2 N–H and O–H groups in total. The Hall–Kier alpha value is -1.44. The number of benzene rings is 1. The fraction of sp³-hybridized carbons (Fsp3) is 0.533. The molecule has 0 radical (unpaired) electrons.